The van der Waals surface area contributed by atoms with E-state index in [0.717, 1.165) is 31.6 Å². The topological polar surface area (TPSA) is 29.5 Å². The molecule has 0 fully saturated rings. The van der Waals surface area contributed by atoms with Crippen molar-refractivity contribution < 1.29 is 9.53 Å². The van der Waals surface area contributed by atoms with Crippen molar-refractivity contribution >= 4 is 5.91 Å². The highest BCUT2D eigenvalue weighted by Crippen LogP contribution is 2.10. The Hall–Kier alpha value is -1.51. The fourth-order valence-electron chi connectivity index (χ4n) is 1.88. The second-order valence-electron chi connectivity index (χ2n) is 4.80. The molecular formula is C16H25NO2. The quantitative estimate of drug-likeness (QED) is 0.718. The lowest BCUT2D eigenvalue weighted by atomic mass is 10.2. The van der Waals surface area contributed by atoms with E-state index in [2.05, 4.69) is 20.8 Å². The summed E-state index contributed by atoms with van der Waals surface area (Å²) >= 11 is 0. The minimum absolute atomic E-state index is 0.0756. The van der Waals surface area contributed by atoms with E-state index in [9.17, 15) is 4.79 Å². The van der Waals surface area contributed by atoms with Gasteiger partial charge in [0, 0.05) is 12.6 Å². The maximum atomic E-state index is 12.2. The number of carbonyl (C=O) groups is 1. The van der Waals surface area contributed by atoms with Gasteiger partial charge in [0.2, 0.25) is 0 Å². The molecule has 0 aliphatic rings. The Morgan fingerprint density at radius 3 is 2.53 bits per heavy atom. The van der Waals surface area contributed by atoms with Crippen LogP contribution < -0.4 is 4.74 Å². The molecule has 0 saturated heterocycles. The number of benzene rings is 1. The standard InChI is InChI=1S/C16H25NO2/c1-4-6-12-17(14(3)5-2)16(18)13-19-15-10-8-7-9-11-15/h7-11,14H,4-6,12-13H2,1-3H3. The van der Waals surface area contributed by atoms with Crippen LogP contribution >= 0.6 is 0 Å². The van der Waals surface area contributed by atoms with Crippen LogP contribution in [0.5, 0.6) is 5.75 Å². The predicted octanol–water partition coefficient (Wildman–Crippen LogP) is 3.49. The van der Waals surface area contributed by atoms with Crippen molar-refractivity contribution in [2.24, 2.45) is 0 Å². The van der Waals surface area contributed by atoms with Gasteiger partial charge in [-0.1, -0.05) is 38.5 Å². The maximum absolute atomic E-state index is 12.2. The van der Waals surface area contributed by atoms with Crippen LogP contribution in [0.2, 0.25) is 0 Å². The highest BCUT2D eigenvalue weighted by molar-refractivity contribution is 5.78. The number of para-hydroxylation sites is 1. The molecule has 1 aromatic carbocycles. The third kappa shape index (κ3) is 5.33. The van der Waals surface area contributed by atoms with Gasteiger partial charge < -0.3 is 9.64 Å². The van der Waals surface area contributed by atoms with Gasteiger partial charge in [0.15, 0.2) is 6.61 Å². The highest BCUT2D eigenvalue weighted by atomic mass is 16.5. The summed E-state index contributed by atoms with van der Waals surface area (Å²) in [6.07, 6.45) is 3.11. The second kappa shape index (κ2) is 8.57. The molecule has 0 heterocycles. The van der Waals surface area contributed by atoms with Crippen LogP contribution in [0, 0.1) is 0 Å². The molecule has 0 N–H and O–H groups in total. The number of carbonyl (C=O) groups excluding carboxylic acids is 1. The normalized spacial score (nSPS) is 11.9. The molecule has 0 radical (unpaired) electrons. The largest absolute Gasteiger partial charge is 0.484 e. The monoisotopic (exact) mass is 263 g/mol. The van der Waals surface area contributed by atoms with Crippen molar-refractivity contribution in [1.29, 1.82) is 0 Å². The second-order valence-corrected chi connectivity index (χ2v) is 4.80. The number of unbranched alkanes of at least 4 members (excludes halogenated alkanes) is 1. The summed E-state index contributed by atoms with van der Waals surface area (Å²) in [6, 6.07) is 9.76. The molecule has 1 rings (SSSR count). The number of rotatable bonds is 8. The molecule has 0 aliphatic carbocycles. The molecule has 0 bridgehead atoms. The Morgan fingerprint density at radius 1 is 1.26 bits per heavy atom. The Balaban J connectivity index is 2.51. The fraction of sp³-hybridized carbons (Fsp3) is 0.562. The summed E-state index contributed by atoms with van der Waals surface area (Å²) < 4.78 is 5.53. The zero-order chi connectivity index (χ0) is 14.1. The summed E-state index contributed by atoms with van der Waals surface area (Å²) in [5.74, 6) is 0.821. The Morgan fingerprint density at radius 2 is 1.95 bits per heavy atom. The van der Waals surface area contributed by atoms with Gasteiger partial charge in [-0.05, 0) is 31.9 Å². The van der Waals surface area contributed by atoms with Crippen LogP contribution in [0.15, 0.2) is 30.3 Å². The van der Waals surface area contributed by atoms with E-state index in [4.69, 9.17) is 4.74 Å². The summed E-state index contributed by atoms with van der Waals surface area (Å²) in [5, 5.41) is 0. The molecule has 106 valence electrons. The zero-order valence-electron chi connectivity index (χ0n) is 12.3. The Labute approximate surface area is 116 Å². The van der Waals surface area contributed by atoms with Crippen molar-refractivity contribution in [3.63, 3.8) is 0 Å². The van der Waals surface area contributed by atoms with E-state index < -0.39 is 0 Å². The summed E-state index contributed by atoms with van der Waals surface area (Å²) in [5.41, 5.74) is 0. The van der Waals surface area contributed by atoms with Gasteiger partial charge in [-0.2, -0.15) is 0 Å². The average molecular weight is 263 g/mol. The van der Waals surface area contributed by atoms with Gasteiger partial charge in [-0.3, -0.25) is 4.79 Å². The van der Waals surface area contributed by atoms with Gasteiger partial charge in [-0.15, -0.1) is 0 Å². The molecule has 1 aromatic rings. The van der Waals surface area contributed by atoms with E-state index in [0.29, 0.717) is 0 Å². The molecule has 1 unspecified atom stereocenters. The van der Waals surface area contributed by atoms with E-state index in [1.165, 1.54) is 0 Å². The molecule has 19 heavy (non-hydrogen) atoms. The number of hydrogen-bond acceptors (Lipinski definition) is 2. The minimum atomic E-state index is 0.0756. The third-order valence-electron chi connectivity index (χ3n) is 3.30. The van der Waals surface area contributed by atoms with Crippen molar-refractivity contribution in [3.05, 3.63) is 30.3 Å². The van der Waals surface area contributed by atoms with E-state index in [-0.39, 0.29) is 18.6 Å². The number of nitrogens with zero attached hydrogens (tertiary/aromatic N) is 1. The van der Waals surface area contributed by atoms with E-state index in [1.807, 2.05) is 35.2 Å². The summed E-state index contributed by atoms with van der Waals surface area (Å²) in [4.78, 5) is 14.2. The molecule has 3 nitrogen and oxygen atoms in total. The first-order chi connectivity index (χ1) is 9.19. The average Bonchev–Trinajstić information content (AvgIpc) is 2.46. The van der Waals surface area contributed by atoms with Gasteiger partial charge in [0.25, 0.3) is 5.91 Å². The molecule has 0 saturated carbocycles. The van der Waals surface area contributed by atoms with Crippen LogP contribution in [0.25, 0.3) is 0 Å². The van der Waals surface area contributed by atoms with Crippen molar-refractivity contribution in [1.82, 2.24) is 4.90 Å². The maximum Gasteiger partial charge on any atom is 0.260 e. The zero-order valence-corrected chi connectivity index (χ0v) is 12.3. The first-order valence-corrected chi connectivity index (χ1v) is 7.16. The van der Waals surface area contributed by atoms with Crippen molar-refractivity contribution in [3.8, 4) is 5.75 Å². The number of hydrogen-bond donors (Lipinski definition) is 0. The fourth-order valence-corrected chi connectivity index (χ4v) is 1.88. The van der Waals surface area contributed by atoms with E-state index >= 15 is 0 Å². The first kappa shape index (κ1) is 15.5. The Bertz CT molecular complexity index is 364. The minimum Gasteiger partial charge on any atom is -0.484 e. The molecule has 0 aromatic heterocycles. The van der Waals surface area contributed by atoms with Crippen LogP contribution in [0.1, 0.15) is 40.0 Å². The summed E-state index contributed by atoms with van der Waals surface area (Å²) in [7, 11) is 0. The molecule has 1 atom stereocenters. The molecule has 3 heteroatoms. The van der Waals surface area contributed by atoms with Crippen LogP contribution in [0.4, 0.5) is 0 Å². The van der Waals surface area contributed by atoms with Gasteiger partial charge in [0.05, 0.1) is 0 Å². The molecular weight excluding hydrogens is 238 g/mol. The lowest BCUT2D eigenvalue weighted by Gasteiger charge is -2.28. The molecule has 0 spiro atoms. The van der Waals surface area contributed by atoms with Gasteiger partial charge in [0.1, 0.15) is 5.75 Å². The number of amides is 1. The third-order valence-corrected chi connectivity index (χ3v) is 3.30. The Kier molecular flexibility index (Phi) is 7.01. The van der Waals surface area contributed by atoms with Crippen LogP contribution in [0.3, 0.4) is 0 Å². The first-order valence-electron chi connectivity index (χ1n) is 7.16. The lowest BCUT2D eigenvalue weighted by molar-refractivity contribution is -0.135. The van der Waals surface area contributed by atoms with Crippen LogP contribution in [-0.2, 0) is 4.79 Å². The van der Waals surface area contributed by atoms with Gasteiger partial charge >= 0.3 is 0 Å². The smallest absolute Gasteiger partial charge is 0.260 e. The lowest BCUT2D eigenvalue weighted by Crippen LogP contribution is -2.41. The summed E-state index contributed by atoms with van der Waals surface area (Å²) in [6.45, 7) is 7.28. The SMILES string of the molecule is CCCCN(C(=O)COc1ccccc1)C(C)CC. The van der Waals surface area contributed by atoms with Crippen LogP contribution in [-0.4, -0.2) is 30.0 Å². The molecule has 0 aliphatic heterocycles. The number of ether oxygens (including phenoxy) is 1. The predicted molar refractivity (Wildman–Crippen MR) is 78.3 cm³/mol. The molecule has 1 amide bonds. The van der Waals surface area contributed by atoms with E-state index in [1.54, 1.807) is 0 Å². The van der Waals surface area contributed by atoms with Crippen molar-refractivity contribution in [2.75, 3.05) is 13.2 Å². The van der Waals surface area contributed by atoms with Gasteiger partial charge in [-0.25, -0.2) is 0 Å². The highest BCUT2D eigenvalue weighted by Gasteiger charge is 2.18. The van der Waals surface area contributed by atoms with Crippen molar-refractivity contribution in [2.45, 2.75) is 46.1 Å².